The Kier molecular flexibility index (Phi) is 7.54. The normalized spacial score (nSPS) is 11.6. The predicted molar refractivity (Wildman–Crippen MR) is 146 cm³/mol. The summed E-state index contributed by atoms with van der Waals surface area (Å²) in [7, 11) is 0. The maximum absolute atomic E-state index is 4.29. The lowest BCUT2D eigenvalue weighted by Crippen LogP contribution is -2.25. The molecule has 0 amide bonds. The Morgan fingerprint density at radius 3 is 0.909 bits per heavy atom. The summed E-state index contributed by atoms with van der Waals surface area (Å²) in [6.45, 7) is 19.2. The summed E-state index contributed by atoms with van der Waals surface area (Å²) in [5.41, 5.74) is 0. The highest BCUT2D eigenvalue weighted by atomic mass is 15.0. The van der Waals surface area contributed by atoms with Crippen LogP contribution in [-0.4, -0.2) is 9.13 Å². The molecule has 0 unspecified atom stereocenters. The van der Waals surface area contributed by atoms with Gasteiger partial charge >= 0.3 is 0 Å². The van der Waals surface area contributed by atoms with Crippen LogP contribution in [0.1, 0.15) is 57.8 Å². The third-order valence-electron chi connectivity index (χ3n) is 7.16. The number of hydrogen-bond acceptors (Lipinski definition) is 0. The lowest BCUT2D eigenvalue weighted by molar-refractivity contribution is 0.518. The number of nitrogens with zero attached hydrogens (tertiary/aromatic N) is 2. The van der Waals surface area contributed by atoms with Crippen molar-refractivity contribution >= 4 is 47.9 Å². The molecular formula is C31H38N2. The summed E-state index contributed by atoms with van der Waals surface area (Å²) in [5.74, 6) is 0. The quantitative estimate of drug-likeness (QED) is 0.260. The summed E-state index contributed by atoms with van der Waals surface area (Å²) in [6.07, 6.45) is 11.7. The first-order valence-electron chi connectivity index (χ1n) is 12.6. The average Bonchev–Trinajstić information content (AvgIpc) is 3.23. The molecule has 0 fully saturated rings. The van der Waals surface area contributed by atoms with Gasteiger partial charge in [0.15, 0.2) is 0 Å². The van der Waals surface area contributed by atoms with Crippen molar-refractivity contribution in [3.8, 4) is 0 Å². The van der Waals surface area contributed by atoms with Crippen molar-refractivity contribution in [2.75, 3.05) is 0 Å². The molecular weight excluding hydrogens is 400 g/mol. The van der Waals surface area contributed by atoms with Gasteiger partial charge in [0, 0.05) is 56.0 Å². The molecule has 0 saturated carbocycles. The van der Waals surface area contributed by atoms with Crippen molar-refractivity contribution in [3.63, 3.8) is 0 Å². The zero-order valence-electron chi connectivity index (χ0n) is 20.1. The second-order valence-electron chi connectivity index (χ2n) is 9.36. The Morgan fingerprint density at radius 2 is 0.636 bits per heavy atom. The van der Waals surface area contributed by atoms with Gasteiger partial charge in [-0.2, -0.15) is 0 Å². The molecule has 0 aliphatic rings. The number of aromatic nitrogens is 2. The summed E-state index contributed by atoms with van der Waals surface area (Å²) in [6, 6.07) is 16.9. The Bertz CT molecular complexity index is 1220. The third kappa shape index (κ3) is 5.00. The van der Waals surface area contributed by atoms with Gasteiger partial charge in [-0.15, -0.1) is 0 Å². The van der Waals surface area contributed by atoms with Gasteiger partial charge in [-0.3, -0.25) is 0 Å². The maximum atomic E-state index is 4.29. The zero-order chi connectivity index (χ0) is 23.2. The summed E-state index contributed by atoms with van der Waals surface area (Å²) < 4.78 is 4.60. The third-order valence-corrected chi connectivity index (χ3v) is 7.16. The van der Waals surface area contributed by atoms with Crippen molar-refractivity contribution in [3.05, 3.63) is 69.9 Å². The van der Waals surface area contributed by atoms with E-state index in [1.807, 2.05) is 0 Å². The van der Waals surface area contributed by atoms with Gasteiger partial charge in [-0.05, 0) is 12.8 Å². The van der Waals surface area contributed by atoms with Gasteiger partial charge in [0.05, 0.1) is 0 Å². The van der Waals surface area contributed by atoms with Crippen LogP contribution in [0.2, 0.25) is 0 Å². The SMILES string of the molecule is C=c1c2ccccc2c(=C)n1CCCCCCCCCCCn1c(=C)c2ccccc2c1=C. The Hall–Kier alpha value is -3.00. The smallest absolute Gasteiger partial charge is 0.0418 e. The van der Waals surface area contributed by atoms with E-state index in [1.54, 1.807) is 0 Å². The summed E-state index contributed by atoms with van der Waals surface area (Å²) in [5, 5.41) is 9.41. The van der Waals surface area contributed by atoms with Crippen LogP contribution in [0.25, 0.3) is 47.9 Å². The molecule has 0 bridgehead atoms. The van der Waals surface area contributed by atoms with Crippen molar-refractivity contribution in [1.29, 1.82) is 0 Å². The molecule has 2 heteroatoms. The molecule has 172 valence electrons. The monoisotopic (exact) mass is 438 g/mol. The predicted octanol–water partition coefficient (Wildman–Crippen LogP) is 5.45. The molecule has 0 aliphatic heterocycles. The van der Waals surface area contributed by atoms with Crippen LogP contribution in [-0.2, 0) is 13.1 Å². The van der Waals surface area contributed by atoms with Crippen molar-refractivity contribution in [1.82, 2.24) is 9.13 Å². The van der Waals surface area contributed by atoms with Gasteiger partial charge in [0.25, 0.3) is 0 Å². The topological polar surface area (TPSA) is 9.86 Å². The van der Waals surface area contributed by atoms with Gasteiger partial charge < -0.3 is 9.13 Å². The van der Waals surface area contributed by atoms with Crippen molar-refractivity contribution in [2.45, 2.75) is 70.9 Å². The van der Waals surface area contributed by atoms with E-state index in [1.165, 1.54) is 79.3 Å². The zero-order valence-corrected chi connectivity index (χ0v) is 20.1. The molecule has 2 aromatic heterocycles. The molecule has 2 heterocycles. The molecule has 0 N–H and O–H groups in total. The van der Waals surface area contributed by atoms with Crippen LogP contribution in [0.3, 0.4) is 0 Å². The van der Waals surface area contributed by atoms with Crippen LogP contribution in [0, 0.1) is 0 Å². The average molecular weight is 439 g/mol. The first-order valence-corrected chi connectivity index (χ1v) is 12.6. The van der Waals surface area contributed by atoms with Crippen molar-refractivity contribution in [2.24, 2.45) is 0 Å². The number of benzene rings is 2. The first-order chi connectivity index (χ1) is 16.1. The van der Waals surface area contributed by atoms with E-state index < -0.39 is 0 Å². The lowest BCUT2D eigenvalue weighted by atomic mass is 10.1. The summed E-state index contributed by atoms with van der Waals surface area (Å²) in [4.78, 5) is 0. The number of unbranched alkanes of at least 4 members (excludes halogenated alkanes) is 8. The van der Waals surface area contributed by atoms with Gasteiger partial charge in [0.2, 0.25) is 0 Å². The molecule has 0 radical (unpaired) electrons. The molecule has 2 nitrogen and oxygen atoms in total. The van der Waals surface area contributed by atoms with Crippen LogP contribution in [0.15, 0.2) is 48.5 Å². The number of hydrogen-bond donors (Lipinski definition) is 0. The van der Waals surface area contributed by atoms with Crippen molar-refractivity contribution < 1.29 is 0 Å². The minimum atomic E-state index is 1.03. The summed E-state index contributed by atoms with van der Waals surface area (Å²) >= 11 is 0. The minimum absolute atomic E-state index is 1.03. The van der Waals surface area contributed by atoms with Gasteiger partial charge in [-0.25, -0.2) is 0 Å². The van der Waals surface area contributed by atoms with E-state index in [0.717, 1.165) is 34.5 Å². The first kappa shape index (κ1) is 23.2. The van der Waals surface area contributed by atoms with E-state index in [9.17, 15) is 0 Å². The van der Waals surface area contributed by atoms with Crippen LogP contribution >= 0.6 is 0 Å². The molecule has 4 rings (SSSR count). The molecule has 0 saturated heterocycles. The molecule has 0 spiro atoms. The number of rotatable bonds is 12. The van der Waals surface area contributed by atoms with Gasteiger partial charge in [-0.1, -0.05) is 120 Å². The Labute approximate surface area is 197 Å². The van der Waals surface area contributed by atoms with E-state index in [-0.39, 0.29) is 0 Å². The fourth-order valence-electron chi connectivity index (χ4n) is 5.20. The van der Waals surface area contributed by atoms with Crippen LogP contribution < -0.4 is 21.4 Å². The lowest BCUT2D eigenvalue weighted by Gasteiger charge is -2.06. The fourth-order valence-corrected chi connectivity index (χ4v) is 5.20. The van der Waals surface area contributed by atoms with Gasteiger partial charge in [0.1, 0.15) is 0 Å². The minimum Gasteiger partial charge on any atom is -0.341 e. The highest BCUT2D eigenvalue weighted by Gasteiger charge is 2.05. The van der Waals surface area contributed by atoms with Crippen LogP contribution in [0.4, 0.5) is 0 Å². The second kappa shape index (κ2) is 10.7. The fraction of sp³-hybridized carbons (Fsp3) is 0.355. The van der Waals surface area contributed by atoms with Crippen LogP contribution in [0.5, 0.6) is 0 Å². The van der Waals surface area contributed by atoms with E-state index in [2.05, 4.69) is 84.0 Å². The molecule has 0 aliphatic carbocycles. The highest BCUT2D eigenvalue weighted by molar-refractivity contribution is 5.84. The Morgan fingerprint density at radius 1 is 0.394 bits per heavy atom. The highest BCUT2D eigenvalue weighted by Crippen LogP contribution is 2.12. The molecule has 0 atom stereocenters. The number of fused-ring (bicyclic) bond motifs is 2. The Balaban J connectivity index is 1.09. The maximum Gasteiger partial charge on any atom is 0.0418 e. The largest absolute Gasteiger partial charge is 0.341 e. The standard InChI is InChI=1S/C31H38N2/c1-24-28-18-12-13-19-29(28)25(2)32(24)22-16-10-8-6-5-7-9-11-17-23-33-26(3)30-20-14-15-21-31(30)27(33)4/h12-15,18-21H,1-11,16-17,22-23H2. The molecule has 4 aromatic rings. The van der Waals surface area contributed by atoms with E-state index >= 15 is 0 Å². The van der Waals surface area contributed by atoms with E-state index in [4.69, 9.17) is 0 Å². The molecule has 33 heavy (non-hydrogen) atoms. The molecule has 2 aromatic carbocycles. The van der Waals surface area contributed by atoms with E-state index in [0.29, 0.717) is 0 Å². The second-order valence-corrected chi connectivity index (χ2v) is 9.36.